The SMILES string of the molecule is COCCOCCOCCOc1cc([N+](=O)[O-])c([N+](=O)[O-])cc1[O-].[Na+]. The quantitative estimate of drug-likeness (QED) is 0.171. The Hall–Kier alpha value is -1.50. The molecule has 0 amide bonds. The maximum Gasteiger partial charge on any atom is 1.00 e. The fourth-order valence-corrected chi connectivity index (χ4v) is 1.62. The van der Waals surface area contributed by atoms with E-state index in [9.17, 15) is 25.3 Å². The van der Waals surface area contributed by atoms with Gasteiger partial charge in [-0.1, -0.05) is 5.75 Å². The van der Waals surface area contributed by atoms with Gasteiger partial charge in [-0.05, 0) is 0 Å². The van der Waals surface area contributed by atoms with Crippen LogP contribution in [0.25, 0.3) is 0 Å². The first-order valence-corrected chi connectivity index (χ1v) is 6.88. The fraction of sp³-hybridized carbons (Fsp3) is 0.538. The Kier molecular flexibility index (Phi) is 12.0. The van der Waals surface area contributed by atoms with Crippen molar-refractivity contribution in [2.45, 2.75) is 0 Å². The molecular weight excluding hydrogens is 351 g/mol. The van der Waals surface area contributed by atoms with Crippen LogP contribution in [0, 0.1) is 20.2 Å². The van der Waals surface area contributed by atoms with E-state index >= 15 is 0 Å². The Labute approximate surface area is 165 Å². The Morgan fingerprint density at radius 3 is 1.88 bits per heavy atom. The normalized spacial score (nSPS) is 10.1. The third kappa shape index (κ3) is 8.43. The van der Waals surface area contributed by atoms with Gasteiger partial charge >= 0.3 is 40.9 Å². The van der Waals surface area contributed by atoms with Gasteiger partial charge in [-0.3, -0.25) is 20.2 Å². The summed E-state index contributed by atoms with van der Waals surface area (Å²) in [5.74, 6) is -1.15. The molecule has 0 aliphatic rings. The monoisotopic (exact) mass is 368 g/mol. The van der Waals surface area contributed by atoms with Crippen molar-refractivity contribution in [2.75, 3.05) is 46.8 Å². The zero-order valence-electron chi connectivity index (χ0n) is 14.0. The third-order valence-electron chi connectivity index (χ3n) is 2.72. The molecule has 0 aromatic heterocycles. The molecule has 134 valence electrons. The average Bonchev–Trinajstić information content (AvgIpc) is 2.53. The predicted molar refractivity (Wildman–Crippen MR) is 78.2 cm³/mol. The van der Waals surface area contributed by atoms with Gasteiger partial charge in [0.25, 0.3) is 0 Å². The van der Waals surface area contributed by atoms with Gasteiger partial charge in [0.1, 0.15) is 12.4 Å². The summed E-state index contributed by atoms with van der Waals surface area (Å²) in [4.78, 5) is 19.6. The van der Waals surface area contributed by atoms with Gasteiger partial charge in [0.15, 0.2) is 0 Å². The zero-order valence-corrected chi connectivity index (χ0v) is 16.0. The Morgan fingerprint density at radius 1 is 0.880 bits per heavy atom. The molecule has 0 N–H and O–H groups in total. The topological polar surface area (TPSA) is 146 Å². The van der Waals surface area contributed by atoms with Crippen molar-refractivity contribution < 1.29 is 63.5 Å². The Bertz CT molecular complexity index is 571. The van der Waals surface area contributed by atoms with Gasteiger partial charge in [0.2, 0.25) is 0 Å². The van der Waals surface area contributed by atoms with Crippen molar-refractivity contribution in [2.24, 2.45) is 0 Å². The van der Waals surface area contributed by atoms with E-state index in [0.29, 0.717) is 32.5 Å². The molecule has 0 aliphatic carbocycles. The van der Waals surface area contributed by atoms with Crippen molar-refractivity contribution in [3.63, 3.8) is 0 Å². The second-order valence-corrected chi connectivity index (χ2v) is 4.37. The zero-order chi connectivity index (χ0) is 17.9. The van der Waals surface area contributed by atoms with Gasteiger partial charge < -0.3 is 24.1 Å². The molecule has 0 bridgehead atoms. The molecular formula is C13H17N2NaO9. The molecule has 0 radical (unpaired) electrons. The number of nitrogens with zero attached hydrogens (tertiary/aromatic N) is 2. The van der Waals surface area contributed by atoms with Gasteiger partial charge in [-0.2, -0.15) is 0 Å². The van der Waals surface area contributed by atoms with Crippen LogP contribution in [0.4, 0.5) is 11.4 Å². The van der Waals surface area contributed by atoms with Crippen LogP contribution in [-0.2, 0) is 14.2 Å². The van der Waals surface area contributed by atoms with Crippen LogP contribution >= 0.6 is 0 Å². The summed E-state index contributed by atoms with van der Waals surface area (Å²) in [5.41, 5.74) is -1.68. The summed E-state index contributed by atoms with van der Waals surface area (Å²) in [6.45, 7) is 1.67. The van der Waals surface area contributed by atoms with Crippen LogP contribution in [0.2, 0.25) is 0 Å². The van der Waals surface area contributed by atoms with Crippen LogP contribution in [0.3, 0.4) is 0 Å². The first kappa shape index (κ1) is 23.5. The molecule has 0 spiro atoms. The molecule has 1 aromatic carbocycles. The number of hydrogen-bond acceptors (Lipinski definition) is 9. The van der Waals surface area contributed by atoms with Crippen molar-refractivity contribution in [1.82, 2.24) is 0 Å². The maximum atomic E-state index is 11.7. The van der Waals surface area contributed by atoms with E-state index in [-0.39, 0.29) is 48.5 Å². The summed E-state index contributed by atoms with van der Waals surface area (Å²) in [5, 5.41) is 33.2. The molecule has 1 rings (SSSR count). The van der Waals surface area contributed by atoms with Crippen LogP contribution < -0.4 is 39.4 Å². The molecule has 0 atom stereocenters. The van der Waals surface area contributed by atoms with Gasteiger partial charge in [-0.15, -0.1) is 0 Å². The molecule has 25 heavy (non-hydrogen) atoms. The summed E-state index contributed by atoms with van der Waals surface area (Å²) in [7, 11) is 1.56. The number of methoxy groups -OCH3 is 1. The van der Waals surface area contributed by atoms with E-state index in [1.807, 2.05) is 0 Å². The van der Waals surface area contributed by atoms with E-state index in [2.05, 4.69) is 0 Å². The van der Waals surface area contributed by atoms with Crippen molar-refractivity contribution in [1.29, 1.82) is 0 Å². The van der Waals surface area contributed by atoms with E-state index < -0.39 is 27.0 Å². The molecule has 1 aromatic rings. The molecule has 0 unspecified atom stereocenters. The smallest absolute Gasteiger partial charge is 0.870 e. The number of rotatable bonds is 12. The minimum Gasteiger partial charge on any atom is -0.870 e. The maximum absolute atomic E-state index is 11.7. The second kappa shape index (κ2) is 12.8. The number of nitro benzene ring substituents is 2. The first-order chi connectivity index (χ1) is 11.5. The van der Waals surface area contributed by atoms with Crippen LogP contribution in [0.5, 0.6) is 11.5 Å². The summed E-state index contributed by atoms with van der Waals surface area (Å²) >= 11 is 0. The third-order valence-corrected chi connectivity index (χ3v) is 2.72. The summed E-state index contributed by atoms with van der Waals surface area (Å²) in [6, 6.07) is 1.31. The van der Waals surface area contributed by atoms with Crippen LogP contribution in [-0.4, -0.2) is 56.6 Å². The number of hydrogen-bond donors (Lipinski definition) is 0. The average molecular weight is 368 g/mol. The number of ether oxygens (including phenoxy) is 4. The van der Waals surface area contributed by atoms with E-state index in [0.717, 1.165) is 6.07 Å². The minimum atomic E-state index is -0.990. The van der Waals surface area contributed by atoms with Gasteiger partial charge in [0.05, 0.1) is 48.9 Å². The molecule has 12 heteroatoms. The number of nitro groups is 2. The van der Waals surface area contributed by atoms with Crippen molar-refractivity contribution in [3.8, 4) is 11.5 Å². The van der Waals surface area contributed by atoms with E-state index in [4.69, 9.17) is 18.9 Å². The number of benzene rings is 1. The van der Waals surface area contributed by atoms with Crippen LogP contribution in [0.15, 0.2) is 12.1 Å². The Balaban J connectivity index is 0.00000576. The summed E-state index contributed by atoms with van der Waals surface area (Å²) in [6.07, 6.45) is 0. The van der Waals surface area contributed by atoms with E-state index in [1.54, 1.807) is 7.11 Å². The molecule has 0 heterocycles. The second-order valence-electron chi connectivity index (χ2n) is 4.37. The Morgan fingerprint density at radius 2 is 1.36 bits per heavy atom. The predicted octanol–water partition coefficient (Wildman–Crippen LogP) is -2.36. The molecule has 0 saturated heterocycles. The van der Waals surface area contributed by atoms with Crippen molar-refractivity contribution in [3.05, 3.63) is 32.4 Å². The van der Waals surface area contributed by atoms with Gasteiger partial charge in [0, 0.05) is 13.2 Å². The largest absolute Gasteiger partial charge is 1.00 e. The molecule has 0 aliphatic heterocycles. The summed E-state index contributed by atoms with van der Waals surface area (Å²) < 4.78 is 20.2. The molecule has 0 saturated carbocycles. The molecule has 0 fully saturated rings. The van der Waals surface area contributed by atoms with Crippen molar-refractivity contribution >= 4 is 11.4 Å². The van der Waals surface area contributed by atoms with Gasteiger partial charge in [-0.25, -0.2) is 0 Å². The van der Waals surface area contributed by atoms with E-state index in [1.165, 1.54) is 0 Å². The minimum absolute atomic E-state index is 0. The standard InChI is InChI=1S/C13H18N2O9.Na/c1-21-2-3-22-4-5-23-6-7-24-13-9-11(15(19)20)10(14(17)18)8-12(13)16;/h8-9,16H,2-7H2,1H3;/q;+1/p-1. The fourth-order valence-electron chi connectivity index (χ4n) is 1.62. The first-order valence-electron chi connectivity index (χ1n) is 6.88. The van der Waals surface area contributed by atoms with Crippen LogP contribution in [0.1, 0.15) is 0 Å². The molecule has 11 nitrogen and oxygen atoms in total.